The van der Waals surface area contributed by atoms with Gasteiger partial charge >= 0.3 is 0 Å². The van der Waals surface area contributed by atoms with E-state index in [1.165, 1.54) is 12.1 Å². The molecule has 0 aliphatic carbocycles. The number of methoxy groups -OCH3 is 2. The van der Waals surface area contributed by atoms with Crippen molar-refractivity contribution in [2.75, 3.05) is 19.6 Å². The predicted octanol–water partition coefficient (Wildman–Crippen LogP) is 4.56. The summed E-state index contributed by atoms with van der Waals surface area (Å²) in [5.74, 6) is 1.97. The zero-order chi connectivity index (χ0) is 20.5. The van der Waals surface area contributed by atoms with Crippen molar-refractivity contribution in [2.45, 2.75) is 20.3 Å². The molecular weight excluding hydrogens is 364 g/mol. The number of nitrogens with one attached hydrogen (secondary N) is 1. The van der Waals surface area contributed by atoms with E-state index in [-0.39, 0.29) is 17.4 Å². The molecule has 1 unspecified atom stereocenters. The lowest BCUT2D eigenvalue weighted by molar-refractivity contribution is -0.385. The fourth-order valence-electron chi connectivity index (χ4n) is 2.08. The van der Waals surface area contributed by atoms with E-state index < -0.39 is 4.92 Å². The van der Waals surface area contributed by atoms with Crippen molar-refractivity contribution in [1.29, 1.82) is 0 Å². The summed E-state index contributed by atoms with van der Waals surface area (Å²) in [6, 6.07) is 8.05. The van der Waals surface area contributed by atoms with Crippen molar-refractivity contribution in [3.63, 3.8) is 0 Å². The maximum Gasteiger partial charge on any atom is 0.287 e. The minimum absolute atomic E-state index is 0.0194. The van der Waals surface area contributed by atoms with Gasteiger partial charge in [-0.2, -0.15) is 5.10 Å². The van der Waals surface area contributed by atoms with Crippen molar-refractivity contribution in [1.82, 2.24) is 4.98 Å². The Bertz CT molecular complexity index is 867. The van der Waals surface area contributed by atoms with Crippen LogP contribution >= 0.6 is 0 Å². The lowest BCUT2D eigenvalue weighted by Crippen LogP contribution is -2.09. The third-order valence-corrected chi connectivity index (χ3v) is 3.95. The number of nitrogens with zero attached hydrogens (tertiary/aromatic N) is 5. The Hall–Kier alpha value is -3.56. The summed E-state index contributed by atoms with van der Waals surface area (Å²) >= 11 is 0. The van der Waals surface area contributed by atoms with E-state index in [4.69, 9.17) is 9.47 Å². The molecule has 0 radical (unpaired) electrons. The summed E-state index contributed by atoms with van der Waals surface area (Å²) in [5.41, 5.74) is 3.44. The van der Waals surface area contributed by atoms with Gasteiger partial charge < -0.3 is 9.47 Å². The fourth-order valence-corrected chi connectivity index (χ4v) is 2.08. The molecule has 0 saturated carbocycles. The molecule has 1 heterocycles. The molecule has 2 rings (SSSR count). The van der Waals surface area contributed by atoms with Crippen LogP contribution < -0.4 is 14.9 Å². The summed E-state index contributed by atoms with van der Waals surface area (Å²) in [6.07, 6.45) is 1.93. The Morgan fingerprint density at radius 1 is 1.29 bits per heavy atom. The quantitative estimate of drug-likeness (QED) is 0.233. The Balaban J connectivity index is 2.24. The summed E-state index contributed by atoms with van der Waals surface area (Å²) in [5, 5.41) is 23.2. The molecule has 0 spiro atoms. The van der Waals surface area contributed by atoms with Crippen LogP contribution in [0.4, 0.5) is 17.2 Å². The smallest absolute Gasteiger partial charge is 0.287 e. The molecular formula is C18H22N6O4. The summed E-state index contributed by atoms with van der Waals surface area (Å²) < 4.78 is 10.5. The average molecular weight is 386 g/mol. The Kier molecular flexibility index (Phi) is 7.37. The van der Waals surface area contributed by atoms with Gasteiger partial charge in [0.05, 0.1) is 19.1 Å². The monoisotopic (exact) mass is 386 g/mol. The highest BCUT2D eigenvalue weighted by atomic mass is 16.6. The first-order valence-corrected chi connectivity index (χ1v) is 8.56. The number of hydrogen-bond acceptors (Lipinski definition) is 8. The first-order chi connectivity index (χ1) is 13.5. The molecule has 0 saturated heterocycles. The number of rotatable bonds is 8. The van der Waals surface area contributed by atoms with E-state index in [1.54, 1.807) is 32.4 Å². The minimum Gasteiger partial charge on any atom is -0.497 e. The average Bonchev–Trinajstić information content (AvgIpc) is 2.73. The van der Waals surface area contributed by atoms with Crippen LogP contribution in [-0.2, 0) is 0 Å². The van der Waals surface area contributed by atoms with Crippen LogP contribution in [0.1, 0.15) is 20.3 Å². The summed E-state index contributed by atoms with van der Waals surface area (Å²) in [6.45, 7) is 3.97. The molecule has 10 nitrogen and oxygen atoms in total. The molecule has 1 aromatic carbocycles. The molecule has 0 bridgehead atoms. The molecule has 1 atom stereocenters. The highest BCUT2D eigenvalue weighted by Crippen LogP contribution is 2.29. The van der Waals surface area contributed by atoms with Crippen molar-refractivity contribution in [3.8, 4) is 11.5 Å². The highest BCUT2D eigenvalue weighted by Gasteiger charge is 2.11. The number of azo groups is 1. The Labute approximate surface area is 162 Å². The fraction of sp³-hybridized carbons (Fsp3) is 0.333. The van der Waals surface area contributed by atoms with E-state index in [9.17, 15) is 10.1 Å². The minimum atomic E-state index is -0.522. The predicted molar refractivity (Wildman–Crippen MR) is 105 cm³/mol. The van der Waals surface area contributed by atoms with Gasteiger partial charge in [-0.3, -0.25) is 15.5 Å². The number of aromatic nitrogens is 1. The largest absolute Gasteiger partial charge is 0.497 e. The number of hydrazone groups is 1. The molecule has 0 fully saturated rings. The molecule has 0 aliphatic rings. The Morgan fingerprint density at radius 3 is 2.64 bits per heavy atom. The van der Waals surface area contributed by atoms with E-state index >= 15 is 0 Å². The zero-order valence-electron chi connectivity index (χ0n) is 16.1. The Morgan fingerprint density at radius 2 is 2.07 bits per heavy atom. The normalized spacial score (nSPS) is 12.6. The molecule has 148 valence electrons. The second-order valence-electron chi connectivity index (χ2n) is 5.79. The van der Waals surface area contributed by atoms with E-state index in [2.05, 4.69) is 25.7 Å². The number of pyridine rings is 1. The lowest BCUT2D eigenvalue weighted by atomic mass is 10.1. The molecule has 0 amide bonds. The van der Waals surface area contributed by atoms with Crippen LogP contribution in [0.15, 0.2) is 51.9 Å². The first kappa shape index (κ1) is 20.7. The van der Waals surface area contributed by atoms with Gasteiger partial charge in [0.15, 0.2) is 11.7 Å². The topological polar surface area (TPSA) is 124 Å². The molecule has 0 aliphatic heterocycles. The van der Waals surface area contributed by atoms with Crippen LogP contribution in [0.5, 0.6) is 11.5 Å². The van der Waals surface area contributed by atoms with Crippen LogP contribution in [-0.4, -0.2) is 30.0 Å². The van der Waals surface area contributed by atoms with Crippen LogP contribution in [0.3, 0.4) is 0 Å². The van der Waals surface area contributed by atoms with Crippen molar-refractivity contribution >= 4 is 23.0 Å². The van der Waals surface area contributed by atoms with Crippen LogP contribution in [0.2, 0.25) is 0 Å². The second-order valence-corrected chi connectivity index (χ2v) is 5.79. The third-order valence-electron chi connectivity index (χ3n) is 3.95. The van der Waals surface area contributed by atoms with Crippen molar-refractivity contribution in [2.24, 2.45) is 21.2 Å². The third kappa shape index (κ3) is 5.47. The van der Waals surface area contributed by atoms with Gasteiger partial charge in [-0.05, 0) is 24.6 Å². The number of ether oxygens (including phenoxy) is 2. The number of hydrogen-bond donors (Lipinski definition) is 1. The summed E-state index contributed by atoms with van der Waals surface area (Å²) in [7, 11) is 3.14. The van der Waals surface area contributed by atoms with Gasteiger partial charge in [0.1, 0.15) is 23.4 Å². The standard InChI is InChI=1S/C18H22N6O4/c1-5-12(2)18(23-21-17-9-6-13(11-19-17)24(25)26)22-20-15-10-14(27-3)7-8-16(15)28-4/h6-12,20H,5H2,1-4H3. The summed E-state index contributed by atoms with van der Waals surface area (Å²) in [4.78, 5) is 14.1. The molecule has 1 aromatic heterocycles. The highest BCUT2D eigenvalue weighted by molar-refractivity contribution is 5.85. The van der Waals surface area contributed by atoms with Crippen molar-refractivity contribution in [3.05, 3.63) is 46.6 Å². The number of amidine groups is 1. The molecule has 2 aromatic rings. The first-order valence-electron chi connectivity index (χ1n) is 8.56. The maximum absolute atomic E-state index is 10.7. The van der Waals surface area contributed by atoms with E-state index in [0.29, 0.717) is 23.0 Å². The van der Waals surface area contributed by atoms with Gasteiger partial charge in [0.2, 0.25) is 0 Å². The van der Waals surface area contributed by atoms with Gasteiger partial charge in [0.25, 0.3) is 5.69 Å². The van der Waals surface area contributed by atoms with Gasteiger partial charge in [-0.15, -0.1) is 10.2 Å². The number of anilines is 1. The van der Waals surface area contributed by atoms with Gasteiger partial charge in [-0.25, -0.2) is 4.98 Å². The second kappa shape index (κ2) is 9.95. The lowest BCUT2D eigenvalue weighted by Gasteiger charge is -2.11. The van der Waals surface area contributed by atoms with Crippen LogP contribution in [0.25, 0.3) is 0 Å². The van der Waals surface area contributed by atoms with Crippen LogP contribution in [0, 0.1) is 16.0 Å². The SMILES string of the molecule is CCC(C)C(N=Nc1ccc([N+](=O)[O-])cn1)=NNc1cc(OC)ccc1OC. The zero-order valence-corrected chi connectivity index (χ0v) is 16.1. The van der Waals surface area contributed by atoms with Gasteiger partial charge in [-0.1, -0.05) is 13.8 Å². The van der Waals surface area contributed by atoms with E-state index in [0.717, 1.165) is 12.6 Å². The number of nitro groups is 1. The number of benzene rings is 1. The maximum atomic E-state index is 10.7. The van der Waals surface area contributed by atoms with E-state index in [1.807, 2.05) is 13.8 Å². The molecule has 10 heteroatoms. The molecule has 1 N–H and O–H groups in total. The molecule has 28 heavy (non-hydrogen) atoms. The van der Waals surface area contributed by atoms with Crippen molar-refractivity contribution < 1.29 is 14.4 Å². The van der Waals surface area contributed by atoms with Gasteiger partial charge in [0, 0.05) is 18.1 Å².